The topological polar surface area (TPSA) is 35.6 Å². The quantitative estimate of drug-likeness (QED) is 0.902. The molecule has 2 aliphatic rings. The zero-order chi connectivity index (χ0) is 13.9. The van der Waals surface area contributed by atoms with Gasteiger partial charge < -0.3 is 15.1 Å². The van der Waals surface area contributed by atoms with Gasteiger partial charge in [0.25, 0.3) is 0 Å². The summed E-state index contributed by atoms with van der Waals surface area (Å²) < 4.78 is 12.9. The summed E-state index contributed by atoms with van der Waals surface area (Å²) in [5.74, 6) is 0.0242. The van der Waals surface area contributed by atoms with Crippen LogP contribution in [-0.4, -0.2) is 49.6 Å². The van der Waals surface area contributed by atoms with E-state index in [1.807, 2.05) is 4.90 Å². The van der Waals surface area contributed by atoms with Crippen molar-refractivity contribution in [3.63, 3.8) is 0 Å². The van der Waals surface area contributed by atoms with Crippen molar-refractivity contribution in [1.29, 1.82) is 0 Å². The Labute approximate surface area is 130 Å². The molecule has 0 bridgehead atoms. The predicted molar refractivity (Wildman–Crippen MR) is 83.5 cm³/mol. The maximum absolute atomic E-state index is 12.9. The number of nitrogens with zero attached hydrogens (tertiary/aromatic N) is 2. The minimum Gasteiger partial charge on any atom is -0.368 e. The van der Waals surface area contributed by atoms with Gasteiger partial charge >= 0.3 is 0 Å². The summed E-state index contributed by atoms with van der Waals surface area (Å²) in [5.41, 5.74) is 1.03. The van der Waals surface area contributed by atoms with E-state index in [1.54, 1.807) is 12.1 Å². The average molecular weight is 314 g/mol. The Bertz CT molecular complexity index is 468. The van der Waals surface area contributed by atoms with Crippen molar-refractivity contribution in [3.05, 3.63) is 30.1 Å². The third-order valence-electron chi connectivity index (χ3n) is 4.14. The fourth-order valence-electron chi connectivity index (χ4n) is 2.95. The van der Waals surface area contributed by atoms with Crippen molar-refractivity contribution in [3.8, 4) is 0 Å². The average Bonchev–Trinajstić information content (AvgIpc) is 3.02. The minimum absolute atomic E-state index is 0. The molecule has 1 atom stereocenters. The first-order valence-electron chi connectivity index (χ1n) is 7.27. The van der Waals surface area contributed by atoms with E-state index in [4.69, 9.17) is 0 Å². The van der Waals surface area contributed by atoms with Gasteiger partial charge in [-0.15, -0.1) is 12.4 Å². The molecule has 21 heavy (non-hydrogen) atoms. The van der Waals surface area contributed by atoms with Crippen molar-refractivity contribution in [2.24, 2.45) is 0 Å². The smallest absolute Gasteiger partial charge is 0.239 e. The Balaban J connectivity index is 0.00000161. The summed E-state index contributed by atoms with van der Waals surface area (Å²) in [6.45, 7) is 4.06. The molecule has 2 fully saturated rings. The van der Waals surface area contributed by atoms with Crippen molar-refractivity contribution >= 4 is 24.0 Å². The molecule has 0 aromatic heterocycles. The number of piperazine rings is 1. The Hall–Kier alpha value is -1.33. The van der Waals surface area contributed by atoms with Crippen LogP contribution in [0.3, 0.4) is 0 Å². The standard InChI is InChI=1S/C15H20FN3O.ClH/c16-12-3-5-13(6-4-12)18-8-10-19(11-9-18)15(20)14-2-1-7-17-14;/h3-6,14,17H,1-2,7-11H2;1H. The predicted octanol–water partition coefficient (Wildman–Crippen LogP) is 1.65. The summed E-state index contributed by atoms with van der Waals surface area (Å²) in [6, 6.07) is 6.58. The van der Waals surface area contributed by atoms with Gasteiger partial charge in [0.1, 0.15) is 5.82 Å². The number of carbonyl (C=O) groups excluding carboxylic acids is 1. The number of rotatable bonds is 2. The molecule has 0 radical (unpaired) electrons. The van der Waals surface area contributed by atoms with Crippen molar-refractivity contribution < 1.29 is 9.18 Å². The van der Waals surface area contributed by atoms with E-state index in [9.17, 15) is 9.18 Å². The van der Waals surface area contributed by atoms with Crippen LogP contribution in [-0.2, 0) is 4.79 Å². The van der Waals surface area contributed by atoms with Crippen molar-refractivity contribution in [2.45, 2.75) is 18.9 Å². The summed E-state index contributed by atoms with van der Waals surface area (Å²) in [6.07, 6.45) is 2.04. The van der Waals surface area contributed by atoms with Crippen LogP contribution in [0.5, 0.6) is 0 Å². The molecule has 3 rings (SSSR count). The molecule has 2 aliphatic heterocycles. The lowest BCUT2D eigenvalue weighted by atomic mass is 10.1. The summed E-state index contributed by atoms with van der Waals surface area (Å²) in [7, 11) is 0. The van der Waals surface area contributed by atoms with Gasteiger partial charge in [0.2, 0.25) is 5.91 Å². The third kappa shape index (κ3) is 3.66. The SMILES string of the molecule is Cl.O=C(C1CCCN1)N1CCN(c2ccc(F)cc2)CC1. The molecule has 0 spiro atoms. The van der Waals surface area contributed by atoms with Crippen LogP contribution in [0.2, 0.25) is 0 Å². The zero-order valence-corrected chi connectivity index (χ0v) is 12.7. The molecule has 1 aromatic carbocycles. The molecule has 2 heterocycles. The molecule has 116 valence electrons. The molecule has 1 amide bonds. The Morgan fingerprint density at radius 2 is 1.81 bits per heavy atom. The second kappa shape index (κ2) is 7.09. The summed E-state index contributed by atoms with van der Waals surface area (Å²) in [4.78, 5) is 16.4. The first kappa shape index (κ1) is 16.0. The fourth-order valence-corrected chi connectivity index (χ4v) is 2.95. The van der Waals surface area contributed by atoms with Crippen LogP contribution < -0.4 is 10.2 Å². The van der Waals surface area contributed by atoms with Crippen LogP contribution in [0.1, 0.15) is 12.8 Å². The third-order valence-corrected chi connectivity index (χ3v) is 4.14. The lowest BCUT2D eigenvalue weighted by molar-refractivity contribution is -0.133. The number of amides is 1. The maximum atomic E-state index is 12.9. The molecular formula is C15H21ClFN3O. The molecule has 2 saturated heterocycles. The first-order valence-corrected chi connectivity index (χ1v) is 7.27. The van der Waals surface area contributed by atoms with Crippen LogP contribution in [0.4, 0.5) is 10.1 Å². The van der Waals surface area contributed by atoms with Crippen LogP contribution in [0.15, 0.2) is 24.3 Å². The van der Waals surface area contributed by atoms with E-state index in [-0.39, 0.29) is 30.2 Å². The van der Waals surface area contributed by atoms with E-state index >= 15 is 0 Å². The maximum Gasteiger partial charge on any atom is 0.239 e. The van der Waals surface area contributed by atoms with Crippen LogP contribution in [0.25, 0.3) is 0 Å². The number of hydrogen-bond acceptors (Lipinski definition) is 3. The van der Waals surface area contributed by atoms with Gasteiger partial charge in [0.05, 0.1) is 6.04 Å². The highest BCUT2D eigenvalue weighted by Gasteiger charge is 2.29. The monoisotopic (exact) mass is 313 g/mol. The number of nitrogens with one attached hydrogen (secondary N) is 1. The van der Waals surface area contributed by atoms with Gasteiger partial charge in [0.15, 0.2) is 0 Å². The summed E-state index contributed by atoms with van der Waals surface area (Å²) in [5, 5.41) is 3.26. The minimum atomic E-state index is -0.213. The molecule has 0 aliphatic carbocycles. The zero-order valence-electron chi connectivity index (χ0n) is 11.9. The molecular weight excluding hydrogens is 293 g/mol. The molecule has 1 unspecified atom stereocenters. The molecule has 4 nitrogen and oxygen atoms in total. The Morgan fingerprint density at radius 3 is 2.38 bits per heavy atom. The molecule has 0 saturated carbocycles. The van der Waals surface area contributed by atoms with E-state index in [0.29, 0.717) is 0 Å². The van der Waals surface area contributed by atoms with Gasteiger partial charge in [-0.25, -0.2) is 4.39 Å². The van der Waals surface area contributed by atoms with Gasteiger partial charge in [-0.2, -0.15) is 0 Å². The molecule has 6 heteroatoms. The number of hydrogen-bond donors (Lipinski definition) is 1. The van der Waals surface area contributed by atoms with E-state index < -0.39 is 0 Å². The lowest BCUT2D eigenvalue weighted by Crippen LogP contribution is -2.53. The van der Waals surface area contributed by atoms with Gasteiger partial charge in [-0.1, -0.05) is 0 Å². The van der Waals surface area contributed by atoms with Crippen molar-refractivity contribution in [1.82, 2.24) is 10.2 Å². The van der Waals surface area contributed by atoms with E-state index in [1.165, 1.54) is 12.1 Å². The number of carbonyl (C=O) groups is 1. The normalized spacial score (nSPS) is 22.0. The molecule has 1 aromatic rings. The number of anilines is 1. The highest BCUT2D eigenvalue weighted by atomic mass is 35.5. The molecule has 1 N–H and O–H groups in total. The summed E-state index contributed by atoms with van der Waals surface area (Å²) >= 11 is 0. The van der Waals surface area contributed by atoms with Crippen LogP contribution in [0, 0.1) is 5.82 Å². The van der Waals surface area contributed by atoms with Crippen molar-refractivity contribution in [2.75, 3.05) is 37.6 Å². The Kier molecular flexibility index (Phi) is 5.42. The van der Waals surface area contributed by atoms with Gasteiger partial charge in [-0.3, -0.25) is 4.79 Å². The van der Waals surface area contributed by atoms with Crippen LogP contribution >= 0.6 is 12.4 Å². The van der Waals surface area contributed by atoms with Gasteiger partial charge in [-0.05, 0) is 43.7 Å². The first-order chi connectivity index (χ1) is 9.74. The second-order valence-corrected chi connectivity index (χ2v) is 5.44. The van der Waals surface area contributed by atoms with E-state index in [0.717, 1.165) is 51.3 Å². The van der Waals surface area contributed by atoms with Gasteiger partial charge in [0, 0.05) is 31.9 Å². The largest absolute Gasteiger partial charge is 0.368 e. The highest BCUT2D eigenvalue weighted by molar-refractivity contribution is 5.85. The highest BCUT2D eigenvalue weighted by Crippen LogP contribution is 2.18. The second-order valence-electron chi connectivity index (χ2n) is 5.44. The fraction of sp³-hybridized carbons (Fsp3) is 0.533. The number of benzene rings is 1. The Morgan fingerprint density at radius 1 is 1.14 bits per heavy atom. The lowest BCUT2D eigenvalue weighted by Gasteiger charge is -2.37. The van der Waals surface area contributed by atoms with E-state index in [2.05, 4.69) is 10.2 Å². The number of halogens is 2.